The van der Waals surface area contributed by atoms with E-state index in [1.54, 1.807) is 0 Å². The maximum atomic E-state index is 11.4. The number of nitrogens with two attached hydrogens (primary N) is 1. The van der Waals surface area contributed by atoms with Crippen LogP contribution < -0.4 is 15.8 Å². The van der Waals surface area contributed by atoms with Gasteiger partial charge in [0, 0.05) is 12.6 Å². The molecule has 0 aliphatic rings. The molecule has 1 aromatic carbocycles. The fourth-order valence-corrected chi connectivity index (χ4v) is 1.57. The standard InChI is InChI=1S/C15H24N2O2/c1-11(2)13-4-6-14(7-5-13)19-9-8-15(18)17-10-12(3)16/h4-7,11-12H,8-10,16H2,1-3H3,(H,17,18). The molecule has 4 heteroatoms. The van der Waals surface area contributed by atoms with Gasteiger partial charge in [-0.2, -0.15) is 0 Å². The third-order valence-corrected chi connectivity index (χ3v) is 2.77. The van der Waals surface area contributed by atoms with E-state index < -0.39 is 0 Å². The number of amides is 1. The van der Waals surface area contributed by atoms with E-state index in [0.29, 0.717) is 25.5 Å². The Morgan fingerprint density at radius 1 is 1.26 bits per heavy atom. The zero-order chi connectivity index (χ0) is 14.3. The topological polar surface area (TPSA) is 64.3 Å². The van der Waals surface area contributed by atoms with Crippen LogP contribution in [-0.2, 0) is 4.79 Å². The molecule has 0 fully saturated rings. The molecule has 0 saturated heterocycles. The number of benzene rings is 1. The molecule has 1 atom stereocenters. The molecular weight excluding hydrogens is 240 g/mol. The van der Waals surface area contributed by atoms with E-state index in [4.69, 9.17) is 10.5 Å². The summed E-state index contributed by atoms with van der Waals surface area (Å²) in [6, 6.07) is 7.96. The van der Waals surface area contributed by atoms with Crippen LogP contribution in [0, 0.1) is 0 Å². The summed E-state index contributed by atoms with van der Waals surface area (Å²) in [6.45, 7) is 7.04. The molecule has 19 heavy (non-hydrogen) atoms. The van der Waals surface area contributed by atoms with Gasteiger partial charge in [0.15, 0.2) is 0 Å². The van der Waals surface area contributed by atoms with Crippen LogP contribution in [0.15, 0.2) is 24.3 Å². The Kier molecular flexibility index (Phi) is 6.36. The van der Waals surface area contributed by atoms with Crippen molar-refractivity contribution in [3.05, 3.63) is 29.8 Å². The number of carbonyl (C=O) groups excluding carboxylic acids is 1. The van der Waals surface area contributed by atoms with Crippen molar-refractivity contribution in [2.24, 2.45) is 5.73 Å². The van der Waals surface area contributed by atoms with Crippen molar-refractivity contribution in [2.75, 3.05) is 13.2 Å². The summed E-state index contributed by atoms with van der Waals surface area (Å²) in [6.07, 6.45) is 0.346. The summed E-state index contributed by atoms with van der Waals surface area (Å²) in [5, 5.41) is 2.75. The molecule has 0 aromatic heterocycles. The summed E-state index contributed by atoms with van der Waals surface area (Å²) in [5.74, 6) is 1.28. The van der Waals surface area contributed by atoms with Crippen LogP contribution >= 0.6 is 0 Å². The minimum Gasteiger partial charge on any atom is -0.493 e. The number of hydrogen-bond acceptors (Lipinski definition) is 3. The average molecular weight is 264 g/mol. The predicted octanol–water partition coefficient (Wildman–Crippen LogP) is 2.04. The number of ether oxygens (including phenoxy) is 1. The first-order valence-corrected chi connectivity index (χ1v) is 6.74. The number of carbonyl (C=O) groups is 1. The van der Waals surface area contributed by atoms with Crippen LogP contribution in [0.2, 0.25) is 0 Å². The molecule has 1 unspecified atom stereocenters. The van der Waals surface area contributed by atoms with Gasteiger partial charge in [-0.1, -0.05) is 26.0 Å². The van der Waals surface area contributed by atoms with E-state index in [9.17, 15) is 4.79 Å². The summed E-state index contributed by atoms with van der Waals surface area (Å²) < 4.78 is 5.53. The highest BCUT2D eigenvalue weighted by molar-refractivity contribution is 5.76. The minimum absolute atomic E-state index is 0.0200. The molecule has 0 radical (unpaired) electrons. The molecule has 3 N–H and O–H groups in total. The Bertz CT molecular complexity index is 386. The number of rotatable bonds is 7. The van der Waals surface area contributed by atoms with Crippen LogP contribution in [0.1, 0.15) is 38.7 Å². The Morgan fingerprint density at radius 2 is 1.89 bits per heavy atom. The van der Waals surface area contributed by atoms with Gasteiger partial charge in [-0.15, -0.1) is 0 Å². The van der Waals surface area contributed by atoms with Crippen molar-refractivity contribution in [3.63, 3.8) is 0 Å². The smallest absolute Gasteiger partial charge is 0.223 e. The van der Waals surface area contributed by atoms with Crippen LogP contribution in [0.5, 0.6) is 5.75 Å². The van der Waals surface area contributed by atoms with E-state index in [1.165, 1.54) is 5.56 Å². The summed E-state index contributed by atoms with van der Waals surface area (Å²) in [4.78, 5) is 11.4. The lowest BCUT2D eigenvalue weighted by atomic mass is 10.0. The number of nitrogens with one attached hydrogen (secondary N) is 1. The largest absolute Gasteiger partial charge is 0.493 e. The first kappa shape index (κ1) is 15.5. The zero-order valence-electron chi connectivity index (χ0n) is 12.0. The van der Waals surface area contributed by atoms with Gasteiger partial charge in [0.25, 0.3) is 0 Å². The van der Waals surface area contributed by atoms with Gasteiger partial charge in [-0.05, 0) is 30.5 Å². The average Bonchev–Trinajstić information content (AvgIpc) is 2.37. The molecule has 1 amide bonds. The normalized spacial score (nSPS) is 12.3. The molecule has 0 heterocycles. The monoisotopic (exact) mass is 264 g/mol. The Morgan fingerprint density at radius 3 is 2.42 bits per heavy atom. The van der Waals surface area contributed by atoms with E-state index >= 15 is 0 Å². The molecule has 0 bridgehead atoms. The Labute approximate surface area is 115 Å². The zero-order valence-corrected chi connectivity index (χ0v) is 12.0. The van der Waals surface area contributed by atoms with Crippen LogP contribution in [0.25, 0.3) is 0 Å². The SMILES string of the molecule is CC(N)CNC(=O)CCOc1ccc(C(C)C)cc1. The van der Waals surface area contributed by atoms with Crippen molar-refractivity contribution >= 4 is 5.91 Å². The molecule has 106 valence electrons. The lowest BCUT2D eigenvalue weighted by Crippen LogP contribution is -2.35. The summed E-state index contributed by atoms with van der Waals surface area (Å²) in [5.41, 5.74) is 6.83. The molecular formula is C15H24N2O2. The first-order valence-electron chi connectivity index (χ1n) is 6.74. The van der Waals surface area contributed by atoms with Crippen molar-refractivity contribution in [1.82, 2.24) is 5.32 Å². The second-order valence-corrected chi connectivity index (χ2v) is 5.10. The van der Waals surface area contributed by atoms with Gasteiger partial charge in [0.05, 0.1) is 13.0 Å². The molecule has 0 saturated carbocycles. The highest BCUT2D eigenvalue weighted by atomic mass is 16.5. The highest BCUT2D eigenvalue weighted by Crippen LogP contribution is 2.18. The number of hydrogen-bond donors (Lipinski definition) is 2. The van der Waals surface area contributed by atoms with Gasteiger partial charge < -0.3 is 15.8 Å². The van der Waals surface area contributed by atoms with Gasteiger partial charge in [-0.3, -0.25) is 4.79 Å². The van der Waals surface area contributed by atoms with Gasteiger partial charge in [0.1, 0.15) is 5.75 Å². The molecule has 4 nitrogen and oxygen atoms in total. The van der Waals surface area contributed by atoms with E-state index in [0.717, 1.165) is 5.75 Å². The summed E-state index contributed by atoms with van der Waals surface area (Å²) >= 11 is 0. The molecule has 0 aliphatic carbocycles. The lowest BCUT2D eigenvalue weighted by molar-refractivity contribution is -0.121. The fraction of sp³-hybridized carbons (Fsp3) is 0.533. The van der Waals surface area contributed by atoms with Crippen LogP contribution in [-0.4, -0.2) is 25.1 Å². The molecule has 1 aromatic rings. The highest BCUT2D eigenvalue weighted by Gasteiger charge is 2.03. The Hall–Kier alpha value is -1.55. The van der Waals surface area contributed by atoms with E-state index in [1.807, 2.05) is 19.1 Å². The van der Waals surface area contributed by atoms with Crippen molar-refractivity contribution in [2.45, 2.75) is 39.2 Å². The molecule has 0 spiro atoms. The fourth-order valence-electron chi connectivity index (χ4n) is 1.57. The quantitative estimate of drug-likeness (QED) is 0.792. The van der Waals surface area contributed by atoms with Crippen molar-refractivity contribution in [1.29, 1.82) is 0 Å². The van der Waals surface area contributed by atoms with Crippen LogP contribution in [0.3, 0.4) is 0 Å². The Balaban J connectivity index is 2.27. The van der Waals surface area contributed by atoms with Gasteiger partial charge >= 0.3 is 0 Å². The predicted molar refractivity (Wildman–Crippen MR) is 77.3 cm³/mol. The third-order valence-electron chi connectivity index (χ3n) is 2.77. The summed E-state index contributed by atoms with van der Waals surface area (Å²) in [7, 11) is 0. The van der Waals surface area contributed by atoms with Crippen molar-refractivity contribution < 1.29 is 9.53 Å². The maximum absolute atomic E-state index is 11.4. The second-order valence-electron chi connectivity index (χ2n) is 5.10. The van der Waals surface area contributed by atoms with Gasteiger partial charge in [0.2, 0.25) is 5.91 Å². The molecule has 0 aliphatic heterocycles. The lowest BCUT2D eigenvalue weighted by Gasteiger charge is -2.10. The maximum Gasteiger partial charge on any atom is 0.223 e. The first-order chi connectivity index (χ1) is 8.99. The van der Waals surface area contributed by atoms with E-state index in [-0.39, 0.29) is 11.9 Å². The van der Waals surface area contributed by atoms with Crippen LogP contribution in [0.4, 0.5) is 0 Å². The third kappa shape index (κ3) is 6.25. The molecule has 1 rings (SSSR count). The minimum atomic E-state index is -0.0314. The van der Waals surface area contributed by atoms with Crippen molar-refractivity contribution in [3.8, 4) is 5.75 Å². The van der Waals surface area contributed by atoms with Gasteiger partial charge in [-0.25, -0.2) is 0 Å². The second kappa shape index (κ2) is 7.79. The van der Waals surface area contributed by atoms with E-state index in [2.05, 4.69) is 31.3 Å².